The average molecular weight is 392 g/mol. The van der Waals surface area contributed by atoms with Gasteiger partial charge in [-0.25, -0.2) is 13.2 Å². The lowest BCUT2D eigenvalue weighted by atomic mass is 10.2. The monoisotopic (exact) mass is 392 g/mol. The SMILES string of the molecule is O=C(OCC(=O)N1CCN(S(=O)(=O)Cc2ccccc2)CC1)c1ccco1. The molecule has 3 rings (SSSR count). The van der Waals surface area contributed by atoms with E-state index in [2.05, 4.69) is 0 Å². The molecule has 0 unspecified atom stereocenters. The molecule has 8 nitrogen and oxygen atoms in total. The second-order valence-electron chi connectivity index (χ2n) is 6.08. The molecule has 1 amide bonds. The van der Waals surface area contributed by atoms with Crippen LogP contribution in [0.15, 0.2) is 53.1 Å². The van der Waals surface area contributed by atoms with Crippen LogP contribution in [0.3, 0.4) is 0 Å². The Morgan fingerprint density at radius 2 is 1.70 bits per heavy atom. The van der Waals surface area contributed by atoms with Crippen LogP contribution in [-0.2, 0) is 25.3 Å². The number of rotatable bonds is 6. The van der Waals surface area contributed by atoms with Crippen molar-refractivity contribution in [3.8, 4) is 0 Å². The van der Waals surface area contributed by atoms with Crippen LogP contribution in [0.25, 0.3) is 0 Å². The zero-order chi connectivity index (χ0) is 19.3. The van der Waals surface area contributed by atoms with Crippen molar-refractivity contribution in [1.29, 1.82) is 0 Å². The summed E-state index contributed by atoms with van der Waals surface area (Å²) in [6, 6.07) is 12.0. The van der Waals surface area contributed by atoms with E-state index >= 15 is 0 Å². The number of esters is 1. The van der Waals surface area contributed by atoms with E-state index in [-0.39, 0.29) is 43.6 Å². The Morgan fingerprint density at radius 3 is 2.33 bits per heavy atom. The number of ether oxygens (including phenoxy) is 1. The van der Waals surface area contributed by atoms with E-state index in [0.29, 0.717) is 0 Å². The van der Waals surface area contributed by atoms with E-state index in [1.807, 2.05) is 6.07 Å². The molecule has 0 radical (unpaired) electrons. The quantitative estimate of drug-likeness (QED) is 0.683. The van der Waals surface area contributed by atoms with Crippen LogP contribution < -0.4 is 0 Å². The summed E-state index contributed by atoms with van der Waals surface area (Å²) in [5.74, 6) is -1.12. The molecule has 1 fully saturated rings. The fourth-order valence-electron chi connectivity index (χ4n) is 2.78. The molecule has 1 aliphatic rings. The summed E-state index contributed by atoms with van der Waals surface area (Å²) in [7, 11) is -3.44. The zero-order valence-corrected chi connectivity index (χ0v) is 15.4. The van der Waals surface area contributed by atoms with Crippen molar-refractivity contribution in [1.82, 2.24) is 9.21 Å². The molecule has 0 aliphatic carbocycles. The molecule has 144 valence electrons. The lowest BCUT2D eigenvalue weighted by molar-refractivity contribution is -0.135. The number of hydrogen-bond acceptors (Lipinski definition) is 6. The fraction of sp³-hybridized carbons (Fsp3) is 0.333. The molecule has 1 saturated heterocycles. The topological polar surface area (TPSA) is 97.1 Å². The first-order valence-electron chi connectivity index (χ1n) is 8.46. The fourth-order valence-corrected chi connectivity index (χ4v) is 4.29. The number of furan rings is 1. The molecule has 1 aliphatic heterocycles. The van der Waals surface area contributed by atoms with E-state index < -0.39 is 22.6 Å². The van der Waals surface area contributed by atoms with Crippen LogP contribution in [-0.4, -0.2) is 62.3 Å². The molecular formula is C18H20N2O6S. The van der Waals surface area contributed by atoms with Gasteiger partial charge in [-0.2, -0.15) is 4.31 Å². The number of piperazine rings is 1. The molecule has 2 aromatic rings. The third kappa shape index (κ3) is 4.95. The Morgan fingerprint density at radius 1 is 1.00 bits per heavy atom. The Bertz CT molecular complexity index is 872. The number of hydrogen-bond donors (Lipinski definition) is 0. The normalized spacial score (nSPS) is 15.5. The van der Waals surface area contributed by atoms with Gasteiger partial charge in [0, 0.05) is 26.2 Å². The van der Waals surface area contributed by atoms with Crippen molar-refractivity contribution >= 4 is 21.9 Å². The number of nitrogens with zero attached hydrogens (tertiary/aromatic N) is 2. The predicted molar refractivity (Wildman–Crippen MR) is 96.2 cm³/mol. The van der Waals surface area contributed by atoms with Crippen molar-refractivity contribution in [2.45, 2.75) is 5.75 Å². The molecule has 1 aromatic heterocycles. The summed E-state index contributed by atoms with van der Waals surface area (Å²) in [6.07, 6.45) is 1.34. The molecule has 2 heterocycles. The third-order valence-electron chi connectivity index (χ3n) is 4.23. The molecular weight excluding hydrogens is 372 g/mol. The minimum Gasteiger partial charge on any atom is -0.457 e. The largest absolute Gasteiger partial charge is 0.457 e. The van der Waals surface area contributed by atoms with E-state index in [1.165, 1.54) is 21.5 Å². The molecule has 0 saturated carbocycles. The zero-order valence-electron chi connectivity index (χ0n) is 14.6. The first-order chi connectivity index (χ1) is 13.0. The summed E-state index contributed by atoms with van der Waals surface area (Å²) < 4.78 is 36.2. The lowest BCUT2D eigenvalue weighted by Gasteiger charge is -2.33. The molecule has 0 atom stereocenters. The van der Waals surface area contributed by atoms with Gasteiger partial charge in [0.25, 0.3) is 5.91 Å². The molecule has 9 heteroatoms. The maximum atomic E-state index is 12.5. The standard InChI is InChI=1S/C18H20N2O6S/c21-17(13-26-18(22)16-7-4-12-25-16)19-8-10-20(11-9-19)27(23,24)14-15-5-2-1-3-6-15/h1-7,12H,8-11,13-14H2. The van der Waals surface area contributed by atoms with Crippen LogP contribution in [0.5, 0.6) is 0 Å². The van der Waals surface area contributed by atoms with E-state index in [4.69, 9.17) is 9.15 Å². The van der Waals surface area contributed by atoms with Gasteiger partial charge in [-0.1, -0.05) is 30.3 Å². The van der Waals surface area contributed by atoms with Crippen molar-refractivity contribution in [3.63, 3.8) is 0 Å². The first-order valence-corrected chi connectivity index (χ1v) is 10.1. The Kier molecular flexibility index (Phi) is 5.92. The minimum absolute atomic E-state index is 0.0274. The highest BCUT2D eigenvalue weighted by atomic mass is 32.2. The van der Waals surface area contributed by atoms with Crippen molar-refractivity contribution in [3.05, 3.63) is 60.1 Å². The summed E-state index contributed by atoms with van der Waals surface area (Å²) in [5.41, 5.74) is 0.723. The molecule has 27 heavy (non-hydrogen) atoms. The highest BCUT2D eigenvalue weighted by molar-refractivity contribution is 7.88. The van der Waals surface area contributed by atoms with E-state index in [0.717, 1.165) is 5.56 Å². The molecule has 0 spiro atoms. The summed E-state index contributed by atoms with van der Waals surface area (Å²) in [5, 5.41) is 0. The Hall–Kier alpha value is -2.65. The molecule has 0 bridgehead atoms. The summed E-state index contributed by atoms with van der Waals surface area (Å²) >= 11 is 0. The van der Waals surface area contributed by atoms with Crippen molar-refractivity contribution in [2.24, 2.45) is 0 Å². The van der Waals surface area contributed by atoms with Gasteiger partial charge in [0.15, 0.2) is 6.61 Å². The maximum Gasteiger partial charge on any atom is 0.374 e. The average Bonchev–Trinajstić information content (AvgIpc) is 3.21. The van der Waals surface area contributed by atoms with Crippen LogP contribution in [0.1, 0.15) is 16.1 Å². The van der Waals surface area contributed by atoms with Gasteiger partial charge >= 0.3 is 5.97 Å². The Balaban J connectivity index is 1.48. The van der Waals surface area contributed by atoms with Gasteiger partial charge in [0.2, 0.25) is 15.8 Å². The second kappa shape index (κ2) is 8.36. The van der Waals surface area contributed by atoms with E-state index in [1.54, 1.807) is 30.3 Å². The van der Waals surface area contributed by atoms with Crippen LogP contribution in [0.2, 0.25) is 0 Å². The molecule has 0 N–H and O–H groups in total. The number of amides is 1. The minimum atomic E-state index is -3.44. The highest BCUT2D eigenvalue weighted by Gasteiger charge is 2.29. The first kappa shape index (κ1) is 19.1. The van der Waals surface area contributed by atoms with Gasteiger partial charge in [0.1, 0.15) is 0 Å². The summed E-state index contributed by atoms with van der Waals surface area (Å²) in [4.78, 5) is 25.3. The number of carbonyl (C=O) groups is 2. The highest BCUT2D eigenvalue weighted by Crippen LogP contribution is 2.14. The second-order valence-corrected chi connectivity index (χ2v) is 8.04. The van der Waals surface area contributed by atoms with Crippen molar-refractivity contribution < 1.29 is 27.2 Å². The predicted octanol–water partition coefficient (Wildman–Crippen LogP) is 1.11. The smallest absolute Gasteiger partial charge is 0.374 e. The lowest BCUT2D eigenvalue weighted by Crippen LogP contribution is -2.51. The van der Waals surface area contributed by atoms with Gasteiger partial charge in [-0.3, -0.25) is 4.79 Å². The summed E-state index contributed by atoms with van der Waals surface area (Å²) in [6.45, 7) is 0.534. The van der Waals surface area contributed by atoms with Crippen LogP contribution >= 0.6 is 0 Å². The van der Waals surface area contributed by atoms with Gasteiger partial charge in [0.05, 0.1) is 12.0 Å². The number of carbonyl (C=O) groups excluding carboxylic acids is 2. The van der Waals surface area contributed by atoms with Crippen LogP contribution in [0.4, 0.5) is 0 Å². The Labute approximate surface area is 157 Å². The van der Waals surface area contributed by atoms with Gasteiger partial charge < -0.3 is 14.1 Å². The third-order valence-corrected chi connectivity index (χ3v) is 6.08. The van der Waals surface area contributed by atoms with Gasteiger partial charge in [-0.05, 0) is 17.7 Å². The van der Waals surface area contributed by atoms with Crippen molar-refractivity contribution in [2.75, 3.05) is 32.8 Å². The van der Waals surface area contributed by atoms with Gasteiger partial charge in [-0.15, -0.1) is 0 Å². The van der Waals surface area contributed by atoms with Crippen LogP contribution in [0, 0.1) is 0 Å². The van der Waals surface area contributed by atoms with E-state index in [9.17, 15) is 18.0 Å². The molecule has 1 aromatic carbocycles. The number of sulfonamides is 1. The maximum absolute atomic E-state index is 12.5. The number of benzene rings is 1.